The number of carbonyl (C=O) groups is 1. The SMILES string of the molecule is O=C(Nc1ccc(F)cc1)c1n[nH]c(=O)[nH]c1=O. The topological polar surface area (TPSA) is 108 Å². The highest BCUT2D eigenvalue weighted by atomic mass is 19.1. The molecule has 0 bridgehead atoms. The van der Waals surface area contributed by atoms with Gasteiger partial charge in [0.25, 0.3) is 11.5 Å². The van der Waals surface area contributed by atoms with Crippen LogP contribution in [-0.2, 0) is 0 Å². The molecule has 0 aliphatic heterocycles. The van der Waals surface area contributed by atoms with Crippen molar-refractivity contribution in [1.82, 2.24) is 15.2 Å². The summed E-state index contributed by atoms with van der Waals surface area (Å²) in [5, 5.41) is 7.59. The zero-order chi connectivity index (χ0) is 13.1. The Morgan fingerprint density at radius 1 is 1.22 bits per heavy atom. The number of halogens is 1. The molecule has 0 atom stereocenters. The summed E-state index contributed by atoms with van der Waals surface area (Å²) in [5.41, 5.74) is -1.90. The summed E-state index contributed by atoms with van der Waals surface area (Å²) >= 11 is 0. The Morgan fingerprint density at radius 2 is 1.89 bits per heavy atom. The van der Waals surface area contributed by atoms with Crippen LogP contribution in [0.25, 0.3) is 0 Å². The molecule has 3 N–H and O–H groups in total. The molecule has 0 fully saturated rings. The lowest BCUT2D eigenvalue weighted by Crippen LogP contribution is -2.32. The van der Waals surface area contributed by atoms with Crippen molar-refractivity contribution in [2.24, 2.45) is 0 Å². The fourth-order valence-electron chi connectivity index (χ4n) is 1.23. The fraction of sp³-hybridized carbons (Fsp3) is 0. The first-order chi connectivity index (χ1) is 8.56. The smallest absolute Gasteiger partial charge is 0.320 e. The normalized spacial score (nSPS) is 10.1. The van der Waals surface area contributed by atoms with E-state index in [2.05, 4.69) is 10.4 Å². The van der Waals surface area contributed by atoms with Crippen LogP contribution < -0.4 is 16.6 Å². The zero-order valence-electron chi connectivity index (χ0n) is 8.86. The van der Waals surface area contributed by atoms with Gasteiger partial charge in [0, 0.05) is 5.69 Å². The Labute approximate surface area is 98.7 Å². The maximum Gasteiger partial charge on any atom is 0.342 e. The van der Waals surface area contributed by atoms with Gasteiger partial charge in [0.2, 0.25) is 5.69 Å². The highest BCUT2D eigenvalue weighted by molar-refractivity contribution is 6.02. The maximum absolute atomic E-state index is 12.6. The van der Waals surface area contributed by atoms with Gasteiger partial charge >= 0.3 is 5.69 Å². The van der Waals surface area contributed by atoms with E-state index in [1.54, 1.807) is 0 Å². The largest absolute Gasteiger partial charge is 0.342 e. The molecule has 0 radical (unpaired) electrons. The number of amides is 1. The van der Waals surface area contributed by atoms with Crippen molar-refractivity contribution in [3.05, 3.63) is 56.6 Å². The van der Waals surface area contributed by atoms with Crippen LogP contribution in [0.5, 0.6) is 0 Å². The van der Waals surface area contributed by atoms with Gasteiger partial charge in [-0.05, 0) is 24.3 Å². The summed E-state index contributed by atoms with van der Waals surface area (Å²) in [4.78, 5) is 35.5. The van der Waals surface area contributed by atoms with Gasteiger partial charge in [-0.15, -0.1) is 0 Å². The number of anilines is 1. The number of H-pyrrole nitrogens is 2. The predicted octanol–water partition coefficient (Wildman–Crippen LogP) is -0.150. The molecule has 0 aliphatic rings. The van der Waals surface area contributed by atoms with Crippen LogP contribution in [0.2, 0.25) is 0 Å². The molecule has 18 heavy (non-hydrogen) atoms. The van der Waals surface area contributed by atoms with Crippen molar-refractivity contribution in [2.45, 2.75) is 0 Å². The van der Waals surface area contributed by atoms with Crippen LogP contribution in [-0.4, -0.2) is 21.1 Å². The monoisotopic (exact) mass is 250 g/mol. The van der Waals surface area contributed by atoms with Crippen LogP contribution in [0.15, 0.2) is 33.9 Å². The molecular formula is C10H7FN4O3. The van der Waals surface area contributed by atoms with Crippen molar-refractivity contribution in [3.63, 3.8) is 0 Å². The average Bonchev–Trinajstić information content (AvgIpc) is 2.32. The predicted molar refractivity (Wildman–Crippen MR) is 59.8 cm³/mol. The van der Waals surface area contributed by atoms with Gasteiger partial charge in [0.15, 0.2) is 0 Å². The molecule has 8 heteroatoms. The Balaban J connectivity index is 2.24. The second kappa shape index (κ2) is 4.62. The van der Waals surface area contributed by atoms with Crippen LogP contribution >= 0.6 is 0 Å². The summed E-state index contributed by atoms with van der Waals surface area (Å²) < 4.78 is 12.6. The van der Waals surface area contributed by atoms with Crippen molar-refractivity contribution < 1.29 is 9.18 Å². The van der Waals surface area contributed by atoms with Gasteiger partial charge in [-0.25, -0.2) is 14.3 Å². The quantitative estimate of drug-likeness (QED) is 0.688. The molecule has 2 rings (SSSR count). The summed E-state index contributed by atoms with van der Waals surface area (Å²) in [5.74, 6) is -1.26. The van der Waals surface area contributed by atoms with Crippen LogP contribution in [0.3, 0.4) is 0 Å². The molecule has 92 valence electrons. The summed E-state index contributed by atoms with van der Waals surface area (Å²) in [7, 11) is 0. The Morgan fingerprint density at radius 3 is 2.50 bits per heavy atom. The first-order valence-corrected chi connectivity index (χ1v) is 4.82. The van der Waals surface area contributed by atoms with E-state index in [4.69, 9.17) is 0 Å². The van der Waals surface area contributed by atoms with Crippen molar-refractivity contribution in [2.75, 3.05) is 5.32 Å². The second-order valence-corrected chi connectivity index (χ2v) is 3.32. The number of nitrogens with zero attached hydrogens (tertiary/aromatic N) is 1. The average molecular weight is 250 g/mol. The molecule has 0 spiro atoms. The molecule has 0 saturated carbocycles. The Bertz CT molecular complexity index is 689. The lowest BCUT2D eigenvalue weighted by Gasteiger charge is -2.02. The van der Waals surface area contributed by atoms with E-state index in [-0.39, 0.29) is 0 Å². The minimum absolute atomic E-state index is 0.300. The molecule has 0 aliphatic carbocycles. The molecule has 1 heterocycles. The summed E-state index contributed by atoms with van der Waals surface area (Å²) in [6.07, 6.45) is 0. The van der Waals surface area contributed by atoms with E-state index in [0.29, 0.717) is 5.69 Å². The number of carbonyl (C=O) groups excluding carboxylic acids is 1. The number of benzene rings is 1. The number of aromatic nitrogens is 3. The maximum atomic E-state index is 12.6. The van der Waals surface area contributed by atoms with E-state index < -0.39 is 28.7 Å². The minimum atomic E-state index is -0.904. The van der Waals surface area contributed by atoms with E-state index >= 15 is 0 Å². The minimum Gasteiger partial charge on any atom is -0.320 e. The number of nitrogens with one attached hydrogen (secondary N) is 3. The first kappa shape index (κ1) is 11.7. The number of rotatable bonds is 2. The third-order valence-electron chi connectivity index (χ3n) is 2.03. The highest BCUT2D eigenvalue weighted by Crippen LogP contribution is 2.08. The summed E-state index contributed by atoms with van der Waals surface area (Å²) in [6, 6.07) is 4.96. The molecule has 0 saturated heterocycles. The molecule has 7 nitrogen and oxygen atoms in total. The van der Waals surface area contributed by atoms with Crippen molar-refractivity contribution in [3.8, 4) is 0 Å². The second-order valence-electron chi connectivity index (χ2n) is 3.32. The van der Waals surface area contributed by atoms with Gasteiger partial charge in [-0.2, -0.15) is 5.10 Å². The lowest BCUT2D eigenvalue weighted by atomic mass is 10.3. The molecule has 0 unspecified atom stereocenters. The van der Waals surface area contributed by atoms with Crippen LogP contribution in [0.1, 0.15) is 10.5 Å². The zero-order valence-corrected chi connectivity index (χ0v) is 8.86. The Hall–Kier alpha value is -2.77. The third-order valence-corrected chi connectivity index (χ3v) is 2.03. The van der Waals surface area contributed by atoms with Gasteiger partial charge in [0.05, 0.1) is 0 Å². The van der Waals surface area contributed by atoms with Crippen LogP contribution in [0.4, 0.5) is 10.1 Å². The van der Waals surface area contributed by atoms with Crippen molar-refractivity contribution in [1.29, 1.82) is 0 Å². The van der Waals surface area contributed by atoms with Gasteiger partial charge < -0.3 is 5.32 Å². The van der Waals surface area contributed by atoms with Gasteiger partial charge in [-0.3, -0.25) is 14.6 Å². The number of aromatic amines is 2. The molecule has 1 amide bonds. The fourth-order valence-corrected chi connectivity index (χ4v) is 1.23. The summed E-state index contributed by atoms with van der Waals surface area (Å²) in [6.45, 7) is 0. The first-order valence-electron chi connectivity index (χ1n) is 4.82. The van der Waals surface area contributed by atoms with E-state index in [1.165, 1.54) is 12.1 Å². The highest BCUT2D eigenvalue weighted by Gasteiger charge is 2.13. The molecular weight excluding hydrogens is 243 g/mol. The molecule has 1 aromatic heterocycles. The van der Waals surface area contributed by atoms with Gasteiger partial charge in [-0.1, -0.05) is 0 Å². The third kappa shape index (κ3) is 2.48. The Kier molecular flexibility index (Phi) is 3.00. The van der Waals surface area contributed by atoms with Crippen LogP contribution in [0, 0.1) is 5.82 Å². The number of hydrogen-bond donors (Lipinski definition) is 3. The van der Waals surface area contributed by atoms with E-state index in [0.717, 1.165) is 12.1 Å². The van der Waals surface area contributed by atoms with E-state index in [1.807, 2.05) is 10.1 Å². The number of hydrogen-bond acceptors (Lipinski definition) is 4. The van der Waals surface area contributed by atoms with E-state index in [9.17, 15) is 18.8 Å². The molecule has 2 aromatic rings. The van der Waals surface area contributed by atoms with Gasteiger partial charge in [0.1, 0.15) is 5.82 Å². The molecule has 1 aromatic carbocycles. The van der Waals surface area contributed by atoms with Crippen molar-refractivity contribution >= 4 is 11.6 Å². The lowest BCUT2D eigenvalue weighted by molar-refractivity contribution is 0.101. The standard InChI is InChI=1S/C10H7FN4O3/c11-5-1-3-6(4-2-5)12-8(16)7-9(17)13-10(18)15-14-7/h1-4H,(H,12,16)(H2,13,15,17,18).